The molecule has 2 aromatic rings. The highest BCUT2D eigenvalue weighted by atomic mass is 16.3. The minimum Gasteiger partial charge on any atom is -0.468 e. The van der Waals surface area contributed by atoms with Gasteiger partial charge >= 0.3 is 0 Å². The van der Waals surface area contributed by atoms with Crippen LogP contribution in [0.1, 0.15) is 16.9 Å². The van der Waals surface area contributed by atoms with Crippen LogP contribution in [0.25, 0.3) is 0 Å². The van der Waals surface area contributed by atoms with Gasteiger partial charge in [-0.05, 0) is 43.3 Å². The van der Waals surface area contributed by atoms with Crippen LogP contribution >= 0.6 is 0 Å². The van der Waals surface area contributed by atoms with E-state index in [0.29, 0.717) is 6.54 Å². The summed E-state index contributed by atoms with van der Waals surface area (Å²) in [7, 11) is 2.10. The predicted octanol–water partition coefficient (Wildman–Crippen LogP) is 2.41. The molecule has 2 N–H and O–H groups in total. The van der Waals surface area contributed by atoms with Gasteiger partial charge in [-0.25, -0.2) is 0 Å². The molecule has 1 aromatic carbocycles. The fourth-order valence-electron chi connectivity index (χ4n) is 2.13. The zero-order valence-electron chi connectivity index (χ0n) is 10.8. The number of furan rings is 1. The van der Waals surface area contributed by atoms with Gasteiger partial charge in [-0.1, -0.05) is 24.3 Å². The lowest BCUT2D eigenvalue weighted by Gasteiger charge is -2.17. The van der Waals surface area contributed by atoms with Crippen LogP contribution < -0.4 is 5.73 Å². The van der Waals surface area contributed by atoms with Gasteiger partial charge in [0, 0.05) is 6.54 Å². The maximum absolute atomic E-state index is 5.64. The number of nitrogens with two attached hydrogens (primary N) is 1. The Hall–Kier alpha value is -1.58. The SMILES string of the molecule is CN(Cc1ccco1)Cc1ccccc1CCN. The molecule has 0 atom stereocenters. The molecule has 0 unspecified atom stereocenters. The fourth-order valence-corrected chi connectivity index (χ4v) is 2.13. The highest BCUT2D eigenvalue weighted by Crippen LogP contribution is 2.13. The Labute approximate surface area is 108 Å². The Kier molecular flexibility index (Phi) is 4.56. The van der Waals surface area contributed by atoms with E-state index in [9.17, 15) is 0 Å². The normalized spacial score (nSPS) is 11.1. The van der Waals surface area contributed by atoms with Gasteiger partial charge in [0.05, 0.1) is 12.8 Å². The summed E-state index contributed by atoms with van der Waals surface area (Å²) in [6.45, 7) is 2.43. The molecule has 3 nitrogen and oxygen atoms in total. The molecule has 0 aliphatic carbocycles. The molecule has 0 saturated carbocycles. The third kappa shape index (κ3) is 3.45. The first-order chi connectivity index (χ1) is 8.79. The third-order valence-corrected chi connectivity index (χ3v) is 2.98. The van der Waals surface area contributed by atoms with Crippen molar-refractivity contribution in [3.63, 3.8) is 0 Å². The molecule has 1 aromatic heterocycles. The van der Waals surface area contributed by atoms with Gasteiger partial charge in [-0.15, -0.1) is 0 Å². The maximum Gasteiger partial charge on any atom is 0.117 e. The van der Waals surface area contributed by atoms with Crippen LogP contribution in [0.15, 0.2) is 47.1 Å². The Balaban J connectivity index is 2.00. The van der Waals surface area contributed by atoms with Crippen LogP contribution in [0.2, 0.25) is 0 Å². The minimum absolute atomic E-state index is 0.693. The average Bonchev–Trinajstić information content (AvgIpc) is 2.84. The molecule has 0 radical (unpaired) electrons. The zero-order chi connectivity index (χ0) is 12.8. The van der Waals surface area contributed by atoms with Crippen LogP contribution in [0.5, 0.6) is 0 Å². The Bertz CT molecular complexity index is 465. The van der Waals surface area contributed by atoms with Crippen LogP contribution in [-0.4, -0.2) is 18.5 Å². The van der Waals surface area contributed by atoms with Crippen molar-refractivity contribution in [3.8, 4) is 0 Å². The highest BCUT2D eigenvalue weighted by molar-refractivity contribution is 5.27. The lowest BCUT2D eigenvalue weighted by Crippen LogP contribution is -2.18. The van der Waals surface area contributed by atoms with Crippen LogP contribution in [0, 0.1) is 0 Å². The Morgan fingerprint density at radius 3 is 2.50 bits per heavy atom. The van der Waals surface area contributed by atoms with Gasteiger partial charge in [-0.2, -0.15) is 0 Å². The number of hydrogen-bond acceptors (Lipinski definition) is 3. The molecule has 2 rings (SSSR count). The van der Waals surface area contributed by atoms with E-state index < -0.39 is 0 Å². The first kappa shape index (κ1) is 12.9. The quantitative estimate of drug-likeness (QED) is 0.848. The van der Waals surface area contributed by atoms with E-state index in [-0.39, 0.29) is 0 Å². The van der Waals surface area contributed by atoms with Crippen molar-refractivity contribution in [2.45, 2.75) is 19.5 Å². The van der Waals surface area contributed by atoms with Crippen molar-refractivity contribution in [2.75, 3.05) is 13.6 Å². The summed E-state index contributed by atoms with van der Waals surface area (Å²) in [6.07, 6.45) is 2.65. The monoisotopic (exact) mass is 244 g/mol. The van der Waals surface area contributed by atoms with Gasteiger partial charge in [0.2, 0.25) is 0 Å². The molecule has 0 spiro atoms. The molecule has 0 aliphatic rings. The molecule has 0 bridgehead atoms. The summed E-state index contributed by atoms with van der Waals surface area (Å²) in [6, 6.07) is 12.4. The lowest BCUT2D eigenvalue weighted by molar-refractivity contribution is 0.287. The molecule has 18 heavy (non-hydrogen) atoms. The number of rotatable bonds is 6. The van der Waals surface area contributed by atoms with Crippen molar-refractivity contribution < 1.29 is 4.42 Å². The molecule has 0 aliphatic heterocycles. The van der Waals surface area contributed by atoms with Crippen molar-refractivity contribution in [1.82, 2.24) is 4.90 Å². The molecular formula is C15H20N2O. The van der Waals surface area contributed by atoms with E-state index in [4.69, 9.17) is 10.2 Å². The predicted molar refractivity (Wildman–Crippen MR) is 73.1 cm³/mol. The van der Waals surface area contributed by atoms with E-state index >= 15 is 0 Å². The van der Waals surface area contributed by atoms with Gasteiger partial charge < -0.3 is 10.2 Å². The van der Waals surface area contributed by atoms with Crippen LogP contribution in [0.4, 0.5) is 0 Å². The zero-order valence-corrected chi connectivity index (χ0v) is 10.8. The summed E-state index contributed by atoms with van der Waals surface area (Å²) >= 11 is 0. The molecule has 0 saturated heterocycles. The van der Waals surface area contributed by atoms with Gasteiger partial charge in [-0.3, -0.25) is 4.90 Å². The van der Waals surface area contributed by atoms with Crippen molar-refractivity contribution >= 4 is 0 Å². The van der Waals surface area contributed by atoms with E-state index in [1.165, 1.54) is 11.1 Å². The van der Waals surface area contributed by atoms with Gasteiger partial charge in [0.25, 0.3) is 0 Å². The maximum atomic E-state index is 5.64. The Morgan fingerprint density at radius 2 is 1.83 bits per heavy atom. The van der Waals surface area contributed by atoms with Crippen molar-refractivity contribution in [3.05, 3.63) is 59.5 Å². The number of benzene rings is 1. The molecule has 3 heteroatoms. The summed E-state index contributed by atoms with van der Waals surface area (Å²) in [5.41, 5.74) is 8.32. The smallest absolute Gasteiger partial charge is 0.117 e. The minimum atomic E-state index is 0.693. The molecule has 0 amide bonds. The van der Waals surface area contributed by atoms with Crippen molar-refractivity contribution in [2.24, 2.45) is 5.73 Å². The molecular weight excluding hydrogens is 224 g/mol. The first-order valence-corrected chi connectivity index (χ1v) is 6.27. The van der Waals surface area contributed by atoms with E-state index in [2.05, 4.69) is 36.2 Å². The Morgan fingerprint density at radius 1 is 1.06 bits per heavy atom. The fraction of sp³-hybridized carbons (Fsp3) is 0.333. The number of hydrogen-bond donors (Lipinski definition) is 1. The lowest BCUT2D eigenvalue weighted by atomic mass is 10.0. The average molecular weight is 244 g/mol. The third-order valence-electron chi connectivity index (χ3n) is 2.98. The summed E-state index contributed by atoms with van der Waals surface area (Å²) in [4.78, 5) is 2.24. The van der Waals surface area contributed by atoms with E-state index in [0.717, 1.165) is 25.3 Å². The summed E-state index contributed by atoms with van der Waals surface area (Å²) in [5, 5.41) is 0. The largest absolute Gasteiger partial charge is 0.468 e. The second-order valence-corrected chi connectivity index (χ2v) is 4.56. The standard InChI is InChI=1S/C15H20N2O/c1-17(12-15-7-4-10-18-15)11-14-6-3-2-5-13(14)8-9-16/h2-7,10H,8-9,11-12,16H2,1H3. The topological polar surface area (TPSA) is 42.4 Å². The second-order valence-electron chi connectivity index (χ2n) is 4.56. The van der Waals surface area contributed by atoms with E-state index in [1.54, 1.807) is 6.26 Å². The van der Waals surface area contributed by atoms with Crippen molar-refractivity contribution in [1.29, 1.82) is 0 Å². The molecule has 1 heterocycles. The molecule has 0 fully saturated rings. The highest BCUT2D eigenvalue weighted by Gasteiger charge is 2.06. The van der Waals surface area contributed by atoms with Crippen LogP contribution in [0.3, 0.4) is 0 Å². The first-order valence-electron chi connectivity index (χ1n) is 6.27. The summed E-state index contributed by atoms with van der Waals surface area (Å²) < 4.78 is 5.36. The summed E-state index contributed by atoms with van der Waals surface area (Å²) in [5.74, 6) is 0.994. The molecule has 96 valence electrons. The van der Waals surface area contributed by atoms with Gasteiger partial charge in [0.1, 0.15) is 5.76 Å². The van der Waals surface area contributed by atoms with Gasteiger partial charge in [0.15, 0.2) is 0 Å². The van der Waals surface area contributed by atoms with Crippen LogP contribution in [-0.2, 0) is 19.5 Å². The second kappa shape index (κ2) is 6.38. The van der Waals surface area contributed by atoms with E-state index in [1.807, 2.05) is 12.1 Å². The number of nitrogens with zero attached hydrogens (tertiary/aromatic N) is 1.